The summed E-state index contributed by atoms with van der Waals surface area (Å²) in [5.41, 5.74) is 1.73. The molecule has 37 heavy (non-hydrogen) atoms. The van der Waals surface area contributed by atoms with Crippen molar-refractivity contribution >= 4 is 5.91 Å². The number of rotatable bonds is 9. The predicted octanol–water partition coefficient (Wildman–Crippen LogP) is 5.02. The molecule has 0 aliphatic carbocycles. The number of halogens is 3. The van der Waals surface area contributed by atoms with E-state index in [1.807, 2.05) is 16.7 Å². The van der Waals surface area contributed by atoms with E-state index in [4.69, 9.17) is 10.1 Å². The molecular weight excluding hydrogens is 483 g/mol. The van der Waals surface area contributed by atoms with Crippen LogP contribution in [0.4, 0.5) is 13.2 Å². The third-order valence-corrected chi connectivity index (χ3v) is 6.38. The van der Waals surface area contributed by atoms with E-state index in [1.54, 1.807) is 24.7 Å². The Balaban J connectivity index is 1.46. The van der Waals surface area contributed by atoms with Crippen LogP contribution in [0.5, 0.6) is 5.75 Å². The highest BCUT2D eigenvalue weighted by Crippen LogP contribution is 2.32. The Hall–Kier alpha value is -3.84. The maximum absolute atomic E-state index is 13.1. The summed E-state index contributed by atoms with van der Waals surface area (Å²) in [4.78, 5) is 25.0. The lowest BCUT2D eigenvalue weighted by molar-refractivity contribution is -0.171. The van der Waals surface area contributed by atoms with E-state index in [0.29, 0.717) is 18.7 Å². The second kappa shape index (κ2) is 11.5. The number of amides is 1. The van der Waals surface area contributed by atoms with Gasteiger partial charge in [0.15, 0.2) is 5.75 Å². The molecule has 1 fully saturated rings. The van der Waals surface area contributed by atoms with Crippen LogP contribution >= 0.6 is 0 Å². The summed E-state index contributed by atoms with van der Waals surface area (Å²) in [7, 11) is 0. The maximum Gasteiger partial charge on any atom is 0.416 e. The van der Waals surface area contributed by atoms with Crippen LogP contribution in [-0.4, -0.2) is 44.6 Å². The normalized spacial score (nSPS) is 16.6. The quantitative estimate of drug-likeness (QED) is 0.403. The topological polar surface area (TPSA) is 74.4 Å². The number of aromatic nitrogens is 2. The largest absolute Gasteiger partial charge is 0.416 e. The highest BCUT2D eigenvalue weighted by molar-refractivity contribution is 5.78. The first-order valence-electron chi connectivity index (χ1n) is 12.1. The van der Waals surface area contributed by atoms with Crippen LogP contribution in [0.2, 0.25) is 0 Å². The summed E-state index contributed by atoms with van der Waals surface area (Å²) in [5, 5.41) is 10.2. The average Bonchev–Trinajstić information content (AvgIpc) is 3.31. The van der Waals surface area contributed by atoms with Gasteiger partial charge in [-0.2, -0.15) is 23.5 Å². The number of hydroxylamine groups is 2. The second-order valence-corrected chi connectivity index (χ2v) is 9.09. The lowest BCUT2D eigenvalue weighted by Gasteiger charge is -2.40. The number of unbranched alkanes of at least 4 members (excludes halogenated alkanes) is 1. The van der Waals surface area contributed by atoms with Gasteiger partial charge in [-0.25, -0.2) is 4.98 Å². The molecule has 1 aromatic heterocycles. The Kier molecular flexibility index (Phi) is 8.14. The van der Waals surface area contributed by atoms with Crippen molar-refractivity contribution in [2.75, 3.05) is 13.1 Å². The van der Waals surface area contributed by atoms with E-state index < -0.39 is 11.7 Å². The number of hydrogen-bond acceptors (Lipinski definition) is 5. The van der Waals surface area contributed by atoms with Gasteiger partial charge in [0.2, 0.25) is 0 Å². The lowest BCUT2D eigenvalue weighted by atomic mass is 10.1. The minimum Gasteiger partial charge on any atom is -0.377 e. The minimum absolute atomic E-state index is 0.0219. The first kappa shape index (κ1) is 26.2. The van der Waals surface area contributed by atoms with Crippen molar-refractivity contribution in [2.24, 2.45) is 0 Å². The zero-order valence-electron chi connectivity index (χ0n) is 20.5. The van der Waals surface area contributed by atoms with Crippen LogP contribution in [0, 0.1) is 11.3 Å². The molecule has 7 nitrogen and oxygen atoms in total. The number of hydrogen-bond donors (Lipinski definition) is 0. The van der Waals surface area contributed by atoms with E-state index >= 15 is 0 Å². The van der Waals surface area contributed by atoms with E-state index in [2.05, 4.69) is 22.9 Å². The molecule has 4 rings (SSSR count). The number of carbonyl (C=O) groups excluding carboxylic acids is 1. The van der Waals surface area contributed by atoms with Crippen LogP contribution in [0.15, 0.2) is 61.1 Å². The van der Waals surface area contributed by atoms with E-state index in [0.717, 1.165) is 42.7 Å². The molecule has 0 spiro atoms. The Morgan fingerprint density at radius 2 is 1.95 bits per heavy atom. The van der Waals surface area contributed by atoms with E-state index in [-0.39, 0.29) is 30.8 Å². The van der Waals surface area contributed by atoms with Gasteiger partial charge in [0.05, 0.1) is 42.3 Å². The average molecular weight is 512 g/mol. The first-order valence-corrected chi connectivity index (χ1v) is 12.1. The molecule has 194 valence electrons. The van der Waals surface area contributed by atoms with Crippen molar-refractivity contribution in [3.05, 3.63) is 83.4 Å². The summed E-state index contributed by atoms with van der Waals surface area (Å²) >= 11 is 0. The lowest BCUT2D eigenvalue weighted by Crippen LogP contribution is -2.56. The number of imidazole rings is 1. The molecule has 3 aromatic rings. The maximum atomic E-state index is 13.1. The Morgan fingerprint density at radius 1 is 1.16 bits per heavy atom. The fourth-order valence-electron chi connectivity index (χ4n) is 4.35. The van der Waals surface area contributed by atoms with Gasteiger partial charge < -0.3 is 9.40 Å². The molecule has 0 saturated carbocycles. The third kappa shape index (κ3) is 6.68. The van der Waals surface area contributed by atoms with Gasteiger partial charge >= 0.3 is 6.18 Å². The van der Waals surface area contributed by atoms with Crippen molar-refractivity contribution in [3.63, 3.8) is 0 Å². The van der Waals surface area contributed by atoms with E-state index in [1.165, 1.54) is 17.2 Å². The number of nitrogens with zero attached hydrogens (tertiary/aromatic N) is 5. The zero-order valence-corrected chi connectivity index (χ0v) is 20.5. The summed E-state index contributed by atoms with van der Waals surface area (Å²) in [6.07, 6.45) is 1.75. The van der Waals surface area contributed by atoms with Gasteiger partial charge in [-0.3, -0.25) is 9.69 Å². The summed E-state index contributed by atoms with van der Waals surface area (Å²) < 4.78 is 41.3. The number of carbonyl (C=O) groups is 1. The fraction of sp³-hybridized carbons (Fsp3) is 0.370. The summed E-state index contributed by atoms with van der Waals surface area (Å²) in [5.74, 6) is -0.338. The van der Waals surface area contributed by atoms with Crippen LogP contribution < -0.4 is 4.84 Å². The highest BCUT2D eigenvalue weighted by atomic mass is 19.4. The van der Waals surface area contributed by atoms with Crippen molar-refractivity contribution in [1.29, 1.82) is 5.26 Å². The third-order valence-electron chi connectivity index (χ3n) is 6.38. The van der Waals surface area contributed by atoms with Crippen molar-refractivity contribution < 1.29 is 22.8 Å². The van der Waals surface area contributed by atoms with Gasteiger partial charge in [0.1, 0.15) is 0 Å². The van der Waals surface area contributed by atoms with Gasteiger partial charge in [0.25, 0.3) is 5.91 Å². The van der Waals surface area contributed by atoms with Gasteiger partial charge in [-0.15, -0.1) is 0 Å². The molecule has 10 heteroatoms. The van der Waals surface area contributed by atoms with Crippen LogP contribution in [0.1, 0.15) is 48.6 Å². The number of piperazine rings is 1. The molecule has 1 saturated heterocycles. The molecule has 1 aliphatic rings. The summed E-state index contributed by atoms with van der Waals surface area (Å²) in [6.45, 7) is 3.48. The van der Waals surface area contributed by atoms with Gasteiger partial charge in [0, 0.05) is 25.3 Å². The Labute approximate surface area is 213 Å². The van der Waals surface area contributed by atoms with Crippen molar-refractivity contribution in [1.82, 2.24) is 19.5 Å². The fourth-order valence-corrected chi connectivity index (χ4v) is 4.35. The van der Waals surface area contributed by atoms with Gasteiger partial charge in [-0.1, -0.05) is 38.0 Å². The molecule has 1 amide bonds. The first-order chi connectivity index (χ1) is 17.8. The molecule has 1 aliphatic heterocycles. The smallest absolute Gasteiger partial charge is 0.377 e. The Morgan fingerprint density at radius 3 is 2.65 bits per heavy atom. The zero-order chi connectivity index (χ0) is 26.4. The van der Waals surface area contributed by atoms with Crippen molar-refractivity contribution in [3.8, 4) is 11.8 Å². The molecule has 0 N–H and O–H groups in total. The molecule has 0 radical (unpaired) electrons. The Bertz CT molecular complexity index is 1250. The van der Waals surface area contributed by atoms with Crippen molar-refractivity contribution in [2.45, 2.75) is 51.5 Å². The molecule has 0 bridgehead atoms. The molecule has 1 unspecified atom stereocenters. The molecule has 2 heterocycles. The minimum atomic E-state index is -4.49. The SMILES string of the molecule is CCCCC1CN(Oc2cccc(C(F)(F)F)c2)C(=O)CN1Cc1cncn1Cc1ccc(C#N)cc1. The molecule has 2 aromatic carbocycles. The van der Waals surface area contributed by atoms with Gasteiger partial charge in [-0.05, 0) is 42.3 Å². The van der Waals surface area contributed by atoms with Crippen LogP contribution in [0.3, 0.4) is 0 Å². The summed E-state index contributed by atoms with van der Waals surface area (Å²) in [6, 6.07) is 14.0. The number of nitriles is 1. The standard InChI is InChI=1S/C27H28F3N5O2/c1-2-3-6-23-17-35(37-25-7-4-5-22(12-25)27(28,29)30)26(36)18-33(23)16-24-14-32-19-34(24)15-21-10-8-20(13-31)9-11-21/h4-5,7-12,14,19,23H,2-3,6,15-18H2,1H3. The monoisotopic (exact) mass is 511 g/mol. The molecular formula is C27H28F3N5O2. The molecule has 1 atom stereocenters. The second-order valence-electron chi connectivity index (χ2n) is 9.09. The van der Waals surface area contributed by atoms with Crippen LogP contribution in [-0.2, 0) is 24.1 Å². The van der Waals surface area contributed by atoms with Crippen LogP contribution in [0.25, 0.3) is 0 Å². The highest BCUT2D eigenvalue weighted by Gasteiger charge is 2.35. The predicted molar refractivity (Wildman–Crippen MR) is 130 cm³/mol. The number of benzene rings is 2. The van der Waals surface area contributed by atoms with E-state index in [9.17, 15) is 18.0 Å². The number of alkyl halides is 3.